The van der Waals surface area contributed by atoms with Crippen LogP contribution in [-0.2, 0) is 11.0 Å². The van der Waals surface area contributed by atoms with Gasteiger partial charge in [-0.2, -0.15) is 13.2 Å². The Morgan fingerprint density at radius 3 is 1.96 bits per heavy atom. The molecule has 0 atom stereocenters. The van der Waals surface area contributed by atoms with E-state index in [2.05, 4.69) is 4.84 Å². The van der Waals surface area contributed by atoms with Gasteiger partial charge in [-0.25, -0.2) is 13.6 Å². The molecule has 2 amide bonds. The van der Waals surface area contributed by atoms with Crippen LogP contribution in [0.5, 0.6) is 0 Å². The molecule has 10 heteroatoms. The highest BCUT2D eigenvalue weighted by Gasteiger charge is 2.40. The third-order valence-electron chi connectivity index (χ3n) is 3.51. The van der Waals surface area contributed by atoms with Gasteiger partial charge in [0.25, 0.3) is 11.8 Å². The predicted molar refractivity (Wildman–Crippen MR) is 73.7 cm³/mol. The van der Waals surface area contributed by atoms with Crippen molar-refractivity contribution >= 4 is 17.8 Å². The van der Waals surface area contributed by atoms with Crippen molar-refractivity contribution in [1.82, 2.24) is 5.06 Å². The van der Waals surface area contributed by atoms with Crippen molar-refractivity contribution in [2.24, 2.45) is 0 Å². The molecule has 0 N–H and O–H groups in total. The normalized spacial score (nSPS) is 13.8. The number of rotatable bonds is 2. The van der Waals surface area contributed by atoms with Gasteiger partial charge in [0, 0.05) is 0 Å². The van der Waals surface area contributed by atoms with Gasteiger partial charge in [-0.15, -0.1) is 0 Å². The monoisotopic (exact) mass is 371 g/mol. The fourth-order valence-corrected chi connectivity index (χ4v) is 2.30. The largest absolute Gasteiger partial charge is 0.419 e. The van der Waals surface area contributed by atoms with Crippen molar-refractivity contribution in [1.29, 1.82) is 0 Å². The Bertz CT molecular complexity index is 919. The summed E-state index contributed by atoms with van der Waals surface area (Å²) in [5, 5.41) is 0.0298. The summed E-state index contributed by atoms with van der Waals surface area (Å²) in [7, 11) is 0. The van der Waals surface area contributed by atoms with Crippen LogP contribution in [0.4, 0.5) is 22.0 Å². The van der Waals surface area contributed by atoms with E-state index in [0.29, 0.717) is 0 Å². The van der Waals surface area contributed by atoms with Gasteiger partial charge in [-0.1, -0.05) is 17.2 Å². The number of fused-ring (bicyclic) bond motifs is 1. The minimum atomic E-state index is -5.17. The lowest BCUT2D eigenvalue weighted by Crippen LogP contribution is -2.33. The van der Waals surface area contributed by atoms with Crippen LogP contribution in [0.25, 0.3) is 0 Å². The van der Waals surface area contributed by atoms with E-state index in [1.54, 1.807) is 0 Å². The maximum Gasteiger partial charge on any atom is 0.419 e. The number of carbonyl (C=O) groups excluding carboxylic acids is 3. The van der Waals surface area contributed by atoms with Crippen molar-refractivity contribution < 1.29 is 41.2 Å². The van der Waals surface area contributed by atoms with Gasteiger partial charge in [-0.3, -0.25) is 9.59 Å². The molecule has 1 aliphatic heterocycles. The van der Waals surface area contributed by atoms with Gasteiger partial charge in [0.1, 0.15) is 17.2 Å². The Balaban J connectivity index is 1.89. The van der Waals surface area contributed by atoms with Crippen LogP contribution >= 0.6 is 0 Å². The highest BCUT2D eigenvalue weighted by molar-refractivity contribution is 6.21. The SMILES string of the molecule is O=C(ON1C(=O)c2ccccc2C1=O)c1cc(F)c(C(F)(F)F)cc1F. The topological polar surface area (TPSA) is 63.7 Å². The van der Waals surface area contributed by atoms with Gasteiger partial charge in [0.2, 0.25) is 0 Å². The minimum absolute atomic E-state index is 0.0152. The summed E-state index contributed by atoms with van der Waals surface area (Å²) in [6.45, 7) is 0. The molecule has 0 unspecified atom stereocenters. The molecule has 2 aromatic rings. The van der Waals surface area contributed by atoms with E-state index in [-0.39, 0.29) is 28.3 Å². The summed E-state index contributed by atoms with van der Waals surface area (Å²) in [6, 6.07) is 5.22. The Kier molecular flexibility index (Phi) is 3.98. The number of alkyl halides is 3. The molecule has 1 heterocycles. The van der Waals surface area contributed by atoms with E-state index < -0.39 is 46.7 Å². The number of imide groups is 1. The molecule has 0 saturated heterocycles. The third kappa shape index (κ3) is 2.79. The molecule has 0 spiro atoms. The van der Waals surface area contributed by atoms with E-state index in [1.807, 2.05) is 0 Å². The quantitative estimate of drug-likeness (QED) is 0.600. The van der Waals surface area contributed by atoms with E-state index in [1.165, 1.54) is 24.3 Å². The van der Waals surface area contributed by atoms with Crippen LogP contribution in [0, 0.1) is 11.6 Å². The van der Waals surface area contributed by atoms with Crippen molar-refractivity contribution in [2.45, 2.75) is 6.18 Å². The first-order chi connectivity index (χ1) is 12.1. The van der Waals surface area contributed by atoms with Crippen LogP contribution < -0.4 is 0 Å². The molecule has 0 fully saturated rings. The average Bonchev–Trinajstić information content (AvgIpc) is 2.81. The first-order valence-corrected chi connectivity index (χ1v) is 6.87. The zero-order valence-electron chi connectivity index (χ0n) is 12.4. The molecule has 134 valence electrons. The fraction of sp³-hybridized carbons (Fsp3) is 0.0625. The summed E-state index contributed by atoms with van der Waals surface area (Å²) >= 11 is 0. The Morgan fingerprint density at radius 1 is 0.923 bits per heavy atom. The minimum Gasteiger partial charge on any atom is -0.324 e. The number of hydrogen-bond donors (Lipinski definition) is 0. The molecule has 0 aliphatic carbocycles. The van der Waals surface area contributed by atoms with Gasteiger partial charge in [-0.05, 0) is 24.3 Å². The standard InChI is InChI=1S/C16H6F5NO4/c17-11-6-10(16(19,20)21)12(18)5-9(11)15(25)26-22-13(23)7-3-1-2-4-8(7)14(22)24/h1-6H. The summed E-state index contributed by atoms with van der Waals surface area (Å²) in [5.74, 6) is -7.38. The van der Waals surface area contributed by atoms with Crippen molar-refractivity contribution in [3.8, 4) is 0 Å². The average molecular weight is 371 g/mol. The summed E-state index contributed by atoms with van der Waals surface area (Å²) in [5.41, 5.74) is -3.27. The number of halogens is 5. The van der Waals surface area contributed by atoms with Crippen LogP contribution in [0.1, 0.15) is 36.6 Å². The van der Waals surface area contributed by atoms with Gasteiger partial charge < -0.3 is 4.84 Å². The van der Waals surface area contributed by atoms with Crippen molar-refractivity contribution in [3.05, 3.63) is 70.3 Å². The molecular formula is C16H6F5NO4. The zero-order valence-corrected chi connectivity index (χ0v) is 12.4. The molecule has 5 nitrogen and oxygen atoms in total. The number of hydrogen-bond acceptors (Lipinski definition) is 4. The molecule has 0 radical (unpaired) electrons. The van der Waals surface area contributed by atoms with Crippen LogP contribution in [-0.4, -0.2) is 22.8 Å². The molecule has 26 heavy (non-hydrogen) atoms. The van der Waals surface area contributed by atoms with Gasteiger partial charge >= 0.3 is 12.1 Å². The van der Waals surface area contributed by atoms with Gasteiger partial charge in [0.15, 0.2) is 0 Å². The number of nitrogens with zero attached hydrogens (tertiary/aromatic N) is 1. The molecule has 0 aromatic heterocycles. The van der Waals surface area contributed by atoms with E-state index in [4.69, 9.17) is 0 Å². The fourth-order valence-electron chi connectivity index (χ4n) is 2.30. The molecular weight excluding hydrogens is 365 g/mol. The lowest BCUT2D eigenvalue weighted by atomic mass is 10.1. The van der Waals surface area contributed by atoms with Crippen LogP contribution in [0.2, 0.25) is 0 Å². The Hall–Kier alpha value is -3.30. The van der Waals surface area contributed by atoms with E-state index in [9.17, 15) is 36.3 Å². The Labute approximate surface area is 141 Å². The second-order valence-electron chi connectivity index (χ2n) is 5.14. The first-order valence-electron chi connectivity index (χ1n) is 6.87. The number of amides is 2. The smallest absolute Gasteiger partial charge is 0.324 e. The lowest BCUT2D eigenvalue weighted by Gasteiger charge is -2.14. The van der Waals surface area contributed by atoms with Crippen molar-refractivity contribution in [3.63, 3.8) is 0 Å². The highest BCUT2D eigenvalue weighted by Crippen LogP contribution is 2.33. The maximum atomic E-state index is 13.8. The summed E-state index contributed by atoms with van der Waals surface area (Å²) in [6.07, 6.45) is -5.17. The van der Waals surface area contributed by atoms with Crippen LogP contribution in [0.3, 0.4) is 0 Å². The number of benzene rings is 2. The predicted octanol–water partition coefficient (Wildman–Crippen LogP) is 3.35. The van der Waals surface area contributed by atoms with Crippen LogP contribution in [0.15, 0.2) is 36.4 Å². The molecule has 1 aliphatic rings. The second-order valence-corrected chi connectivity index (χ2v) is 5.14. The number of carbonyl (C=O) groups is 3. The molecule has 2 aromatic carbocycles. The molecule has 0 bridgehead atoms. The zero-order chi connectivity index (χ0) is 19.2. The van der Waals surface area contributed by atoms with E-state index in [0.717, 1.165) is 0 Å². The number of hydroxylamine groups is 2. The molecule has 3 rings (SSSR count). The highest BCUT2D eigenvalue weighted by atomic mass is 19.4. The van der Waals surface area contributed by atoms with Gasteiger partial charge in [0.05, 0.1) is 16.7 Å². The van der Waals surface area contributed by atoms with E-state index >= 15 is 0 Å². The van der Waals surface area contributed by atoms with Crippen molar-refractivity contribution in [2.75, 3.05) is 0 Å². The molecule has 0 saturated carbocycles. The summed E-state index contributed by atoms with van der Waals surface area (Å²) in [4.78, 5) is 40.4. The summed E-state index contributed by atoms with van der Waals surface area (Å²) < 4.78 is 64.9. The maximum absolute atomic E-state index is 13.8. The second kappa shape index (κ2) is 5.90. The lowest BCUT2D eigenvalue weighted by molar-refractivity contribution is -0.140. The third-order valence-corrected chi connectivity index (χ3v) is 3.51. The Morgan fingerprint density at radius 2 is 1.46 bits per heavy atom. The first kappa shape index (κ1) is 17.5.